The smallest absolute Gasteiger partial charge is 0.341 e. The molecule has 2 aromatic carbocycles. The van der Waals surface area contributed by atoms with E-state index in [9.17, 15) is 4.79 Å². The number of carbonyl (C=O) groups excluding carboxylic acids is 1. The second kappa shape index (κ2) is 11.2. The zero-order chi connectivity index (χ0) is 27.8. The molecule has 0 bridgehead atoms. The Hall–Kier alpha value is -3.89. The van der Waals surface area contributed by atoms with Crippen LogP contribution in [0.4, 0.5) is 16.6 Å². The molecule has 1 fully saturated rings. The number of anilines is 3. The Morgan fingerprint density at radius 2 is 1.78 bits per heavy atom. The molecule has 0 saturated carbocycles. The van der Waals surface area contributed by atoms with Crippen molar-refractivity contribution in [2.75, 3.05) is 49.8 Å². The lowest BCUT2D eigenvalue weighted by Crippen LogP contribution is -2.46. The fraction of sp³-hybridized carbons (Fsp3) is 0.387. The van der Waals surface area contributed by atoms with Gasteiger partial charge in [-0.25, -0.2) is 14.8 Å². The van der Waals surface area contributed by atoms with Crippen LogP contribution in [0.3, 0.4) is 0 Å². The quantitative estimate of drug-likeness (QED) is 0.287. The molecule has 0 unspecified atom stereocenters. The minimum atomic E-state index is -0.262. The van der Waals surface area contributed by atoms with E-state index in [-0.39, 0.29) is 12.8 Å². The van der Waals surface area contributed by atoms with Gasteiger partial charge in [-0.05, 0) is 68.0 Å². The first-order valence-electron chi connectivity index (χ1n) is 14.4. The molecule has 7 rings (SSSR count). The van der Waals surface area contributed by atoms with E-state index in [4.69, 9.17) is 24.2 Å². The summed E-state index contributed by atoms with van der Waals surface area (Å²) in [6.45, 7) is 6.76. The van der Waals surface area contributed by atoms with Gasteiger partial charge in [-0.15, -0.1) is 11.3 Å². The molecule has 0 radical (unpaired) electrons. The lowest BCUT2D eigenvalue weighted by atomic mass is 9.95. The van der Waals surface area contributed by atoms with Gasteiger partial charge in [-0.2, -0.15) is 0 Å². The first-order chi connectivity index (χ1) is 20.2. The lowest BCUT2D eigenvalue weighted by Gasteiger charge is -2.36. The van der Waals surface area contributed by atoms with Crippen LogP contribution in [0.2, 0.25) is 0 Å². The number of para-hydroxylation sites is 2. The van der Waals surface area contributed by atoms with Gasteiger partial charge in [0.2, 0.25) is 6.79 Å². The molecule has 4 aromatic rings. The molecule has 0 spiro atoms. The van der Waals surface area contributed by atoms with Crippen LogP contribution in [0.1, 0.15) is 46.1 Å². The van der Waals surface area contributed by atoms with E-state index < -0.39 is 0 Å². The maximum absolute atomic E-state index is 13.1. The number of aryl methyl sites for hydroxylation is 1. The predicted octanol–water partition coefficient (Wildman–Crippen LogP) is 5.54. The first kappa shape index (κ1) is 26.0. The summed E-state index contributed by atoms with van der Waals surface area (Å²) in [5, 5.41) is 4.37. The number of esters is 1. The van der Waals surface area contributed by atoms with E-state index in [0.717, 1.165) is 97.3 Å². The van der Waals surface area contributed by atoms with E-state index in [0.29, 0.717) is 18.0 Å². The number of thiophene rings is 1. The number of fused-ring (bicyclic) bond motifs is 3. The third-order valence-corrected chi connectivity index (χ3v) is 9.16. The van der Waals surface area contributed by atoms with Gasteiger partial charge in [0.15, 0.2) is 23.1 Å². The van der Waals surface area contributed by atoms with E-state index in [1.54, 1.807) is 11.3 Å². The Morgan fingerprint density at radius 3 is 2.61 bits per heavy atom. The molecule has 2 aromatic heterocycles. The predicted molar refractivity (Wildman–Crippen MR) is 160 cm³/mol. The third-order valence-electron chi connectivity index (χ3n) is 7.95. The van der Waals surface area contributed by atoms with Crippen molar-refractivity contribution in [1.29, 1.82) is 0 Å². The summed E-state index contributed by atoms with van der Waals surface area (Å²) < 4.78 is 16.5. The number of nitrogens with zero attached hydrogens (tertiary/aromatic N) is 4. The molecule has 1 saturated heterocycles. The van der Waals surface area contributed by atoms with Gasteiger partial charge in [-0.3, -0.25) is 4.90 Å². The number of benzene rings is 2. The number of hydrogen-bond acceptors (Lipinski definition) is 10. The van der Waals surface area contributed by atoms with E-state index >= 15 is 0 Å². The number of carbonyl (C=O) groups is 1. The second-order valence-electron chi connectivity index (χ2n) is 10.6. The first-order valence-corrected chi connectivity index (χ1v) is 15.2. The topological polar surface area (TPSA) is 89.0 Å². The van der Waals surface area contributed by atoms with Crippen LogP contribution in [0.5, 0.6) is 11.5 Å². The number of ether oxygens (including phenoxy) is 3. The number of piperazine rings is 1. The van der Waals surface area contributed by atoms with Crippen molar-refractivity contribution in [3.05, 3.63) is 64.0 Å². The van der Waals surface area contributed by atoms with Crippen LogP contribution in [0.25, 0.3) is 11.0 Å². The van der Waals surface area contributed by atoms with Crippen molar-refractivity contribution in [3.63, 3.8) is 0 Å². The standard InChI is InChI=1S/C31H33N5O4S/c1-2-38-31(37)27-21-7-3-6-10-26(21)41-30(27)34-28-29(33-23-9-5-4-8-22(23)32-28)36-15-13-35(14-16-36)18-20-11-12-24-25(17-20)40-19-39-24/h4-5,8-9,11-12,17H,2-3,6-7,10,13-16,18-19H2,1H3,(H,32,34). The number of nitrogens with one attached hydrogen (secondary N) is 1. The number of rotatable bonds is 7. The van der Waals surface area contributed by atoms with Crippen molar-refractivity contribution in [1.82, 2.24) is 14.9 Å². The van der Waals surface area contributed by atoms with Crippen LogP contribution in [0, 0.1) is 0 Å². The largest absolute Gasteiger partial charge is 0.462 e. The zero-order valence-electron chi connectivity index (χ0n) is 23.1. The molecule has 2 aliphatic heterocycles. The number of aromatic nitrogens is 2. The number of hydrogen-bond donors (Lipinski definition) is 1. The van der Waals surface area contributed by atoms with Gasteiger partial charge in [0, 0.05) is 37.6 Å². The highest BCUT2D eigenvalue weighted by atomic mass is 32.1. The Balaban J connectivity index is 1.16. The summed E-state index contributed by atoms with van der Waals surface area (Å²) >= 11 is 1.66. The van der Waals surface area contributed by atoms with E-state index in [1.165, 1.54) is 10.4 Å². The van der Waals surface area contributed by atoms with Gasteiger partial charge in [0.05, 0.1) is 23.2 Å². The average molecular weight is 572 g/mol. The summed E-state index contributed by atoms with van der Waals surface area (Å²) in [6.07, 6.45) is 4.14. The molecule has 212 valence electrons. The molecule has 10 heteroatoms. The highest BCUT2D eigenvalue weighted by Crippen LogP contribution is 2.41. The average Bonchev–Trinajstić information content (AvgIpc) is 3.61. The summed E-state index contributed by atoms with van der Waals surface area (Å²) in [4.78, 5) is 29.2. The summed E-state index contributed by atoms with van der Waals surface area (Å²) in [7, 11) is 0. The van der Waals surface area contributed by atoms with Crippen LogP contribution >= 0.6 is 11.3 Å². The maximum atomic E-state index is 13.1. The third kappa shape index (κ3) is 5.17. The summed E-state index contributed by atoms with van der Waals surface area (Å²) in [6, 6.07) is 14.1. The van der Waals surface area contributed by atoms with E-state index in [2.05, 4.69) is 27.2 Å². The molecule has 4 heterocycles. The summed E-state index contributed by atoms with van der Waals surface area (Å²) in [5.41, 5.74) is 4.69. The molecule has 0 atom stereocenters. The highest BCUT2D eigenvalue weighted by Gasteiger charge is 2.29. The van der Waals surface area contributed by atoms with E-state index in [1.807, 2.05) is 37.3 Å². The van der Waals surface area contributed by atoms with Gasteiger partial charge in [-0.1, -0.05) is 18.2 Å². The fourth-order valence-electron chi connectivity index (χ4n) is 5.89. The van der Waals surface area contributed by atoms with Crippen LogP contribution in [-0.2, 0) is 24.1 Å². The van der Waals surface area contributed by atoms with Crippen LogP contribution in [0.15, 0.2) is 42.5 Å². The molecule has 9 nitrogen and oxygen atoms in total. The van der Waals surface area contributed by atoms with Crippen molar-refractivity contribution < 1.29 is 19.0 Å². The lowest BCUT2D eigenvalue weighted by molar-refractivity contribution is 0.0526. The van der Waals surface area contributed by atoms with Gasteiger partial charge < -0.3 is 24.4 Å². The Kier molecular flexibility index (Phi) is 7.10. The SMILES string of the molecule is CCOC(=O)c1c(Nc2nc3ccccc3nc2N2CCN(Cc3ccc4c(c3)OCO4)CC2)sc2c1CCCC2. The Bertz CT molecular complexity index is 1600. The van der Waals surface area contributed by atoms with Gasteiger partial charge in [0.1, 0.15) is 5.00 Å². The van der Waals surface area contributed by atoms with Crippen molar-refractivity contribution >= 4 is 45.0 Å². The van der Waals surface area contributed by atoms with Gasteiger partial charge in [0.25, 0.3) is 0 Å². The summed E-state index contributed by atoms with van der Waals surface area (Å²) in [5.74, 6) is 2.86. The van der Waals surface area contributed by atoms with Crippen LogP contribution < -0.4 is 19.7 Å². The van der Waals surface area contributed by atoms with Crippen molar-refractivity contribution in [2.45, 2.75) is 39.2 Å². The minimum Gasteiger partial charge on any atom is -0.462 e. The Morgan fingerprint density at radius 1 is 1.00 bits per heavy atom. The normalized spacial score (nSPS) is 16.6. The molecule has 1 aliphatic carbocycles. The molecule has 0 amide bonds. The van der Waals surface area contributed by atoms with Crippen molar-refractivity contribution in [3.8, 4) is 11.5 Å². The van der Waals surface area contributed by atoms with Crippen LogP contribution in [-0.4, -0.2) is 60.4 Å². The fourth-order valence-corrected chi connectivity index (χ4v) is 7.17. The molecular formula is C31H33N5O4S. The minimum absolute atomic E-state index is 0.262. The second-order valence-corrected chi connectivity index (χ2v) is 11.7. The molecule has 1 N–H and O–H groups in total. The maximum Gasteiger partial charge on any atom is 0.341 e. The monoisotopic (exact) mass is 571 g/mol. The van der Waals surface area contributed by atoms with Gasteiger partial charge >= 0.3 is 5.97 Å². The zero-order valence-corrected chi connectivity index (χ0v) is 24.0. The molecule has 3 aliphatic rings. The highest BCUT2D eigenvalue weighted by molar-refractivity contribution is 7.16. The van der Waals surface area contributed by atoms with Crippen molar-refractivity contribution in [2.24, 2.45) is 0 Å². The molecular weight excluding hydrogens is 538 g/mol. The Labute approximate surface area is 243 Å². The molecule has 41 heavy (non-hydrogen) atoms.